The highest BCUT2D eigenvalue weighted by Gasteiger charge is 2.56. The summed E-state index contributed by atoms with van der Waals surface area (Å²) >= 11 is 0. The van der Waals surface area contributed by atoms with Crippen molar-refractivity contribution in [1.29, 1.82) is 4.78 Å². The Balaban J connectivity index is 0.980. The molecule has 0 bridgehead atoms. The third kappa shape index (κ3) is 3.62. The fourth-order valence-electron chi connectivity index (χ4n) is 5.45. The van der Waals surface area contributed by atoms with Gasteiger partial charge in [0.15, 0.2) is 15.6 Å². The second-order valence-electron chi connectivity index (χ2n) is 10.5. The Morgan fingerprint density at radius 2 is 1.74 bits per heavy atom. The fourth-order valence-corrected chi connectivity index (χ4v) is 6.24. The van der Waals surface area contributed by atoms with Crippen LogP contribution in [0.2, 0.25) is 0 Å². The number of aromatic amines is 1. The van der Waals surface area contributed by atoms with Crippen LogP contribution in [0.3, 0.4) is 0 Å². The van der Waals surface area contributed by atoms with Gasteiger partial charge < -0.3 is 14.9 Å². The lowest BCUT2D eigenvalue weighted by Crippen LogP contribution is -2.67. The predicted octanol–water partition coefficient (Wildman–Crippen LogP) is 3.11. The van der Waals surface area contributed by atoms with Crippen molar-refractivity contribution in [3.63, 3.8) is 0 Å². The lowest BCUT2D eigenvalue weighted by atomic mass is 9.57. The van der Waals surface area contributed by atoms with E-state index < -0.39 is 25.7 Å². The number of carbonyl (C=O) groups excluding carboxylic acids is 1. The van der Waals surface area contributed by atoms with Gasteiger partial charge in [-0.05, 0) is 43.4 Å². The zero-order valence-corrected chi connectivity index (χ0v) is 19.5. The van der Waals surface area contributed by atoms with Crippen molar-refractivity contribution in [3.8, 4) is 0 Å². The summed E-state index contributed by atoms with van der Waals surface area (Å²) in [5.41, 5.74) is -5.08. The Labute approximate surface area is 199 Å². The molecule has 1 atom stereocenters. The van der Waals surface area contributed by atoms with E-state index in [0.29, 0.717) is 44.8 Å². The third-order valence-corrected chi connectivity index (χ3v) is 9.46. The van der Waals surface area contributed by atoms with Crippen molar-refractivity contribution < 1.29 is 27.3 Å². The monoisotopic (exact) mass is 510 g/mol. The number of likely N-dealkylation sites (tertiary alicyclic amines) is 2. The van der Waals surface area contributed by atoms with Gasteiger partial charge in [-0.3, -0.25) is 5.10 Å². The van der Waals surface area contributed by atoms with E-state index in [0.717, 1.165) is 36.4 Å². The van der Waals surface area contributed by atoms with Gasteiger partial charge in [-0.25, -0.2) is 18.8 Å². The maximum absolute atomic E-state index is 12.8. The first-order chi connectivity index (χ1) is 16.4. The van der Waals surface area contributed by atoms with E-state index in [1.165, 1.54) is 12.1 Å². The molecule has 0 radical (unpaired) electrons. The predicted molar refractivity (Wildman–Crippen MR) is 117 cm³/mol. The van der Waals surface area contributed by atoms with Gasteiger partial charge in [0.25, 0.3) is 0 Å². The number of nitrogens with one attached hydrogen (secondary N) is 2. The summed E-state index contributed by atoms with van der Waals surface area (Å²) in [6.45, 7) is 2.34. The minimum atomic E-state index is -5.11. The SMILES string of the molecule is N=S(=O)(c1ccc(C2CN(C(=O)N3CC4(CC(c5nc(C6(O)CC6)n[nH]5)C4)C3)C2)cc1)C(F)(F)F. The molecule has 35 heavy (non-hydrogen) atoms. The fraction of sp³-hybridized carbons (Fsp3) is 0.591. The molecule has 2 aromatic rings. The van der Waals surface area contributed by atoms with Gasteiger partial charge in [0.1, 0.15) is 11.4 Å². The molecule has 1 aromatic heterocycles. The molecule has 13 heteroatoms. The molecule has 2 aliphatic heterocycles. The zero-order valence-electron chi connectivity index (χ0n) is 18.7. The highest BCUT2D eigenvalue weighted by Crippen LogP contribution is 2.56. The molecular weight excluding hydrogens is 485 g/mol. The molecule has 2 saturated heterocycles. The number of urea groups is 1. The van der Waals surface area contributed by atoms with Gasteiger partial charge in [0, 0.05) is 43.4 Å². The number of rotatable bonds is 4. The van der Waals surface area contributed by atoms with Gasteiger partial charge in [-0.1, -0.05) is 12.1 Å². The number of aromatic nitrogens is 3. The molecule has 1 spiro atoms. The minimum absolute atomic E-state index is 0.00549. The number of nitrogens with zero attached hydrogens (tertiary/aromatic N) is 4. The summed E-state index contributed by atoms with van der Waals surface area (Å²) in [4.78, 5) is 20.3. The van der Waals surface area contributed by atoms with E-state index in [1.54, 1.807) is 4.90 Å². The van der Waals surface area contributed by atoms with Crippen LogP contribution in [-0.2, 0) is 15.3 Å². The first kappa shape index (κ1) is 22.8. The van der Waals surface area contributed by atoms with Crippen molar-refractivity contribution in [1.82, 2.24) is 25.0 Å². The van der Waals surface area contributed by atoms with Crippen LogP contribution in [0.25, 0.3) is 0 Å². The third-order valence-electron chi connectivity index (χ3n) is 7.87. The van der Waals surface area contributed by atoms with Crippen LogP contribution < -0.4 is 0 Å². The van der Waals surface area contributed by atoms with Crippen molar-refractivity contribution in [2.45, 2.75) is 53.5 Å². The van der Waals surface area contributed by atoms with Crippen molar-refractivity contribution in [2.24, 2.45) is 5.41 Å². The number of carbonyl (C=O) groups is 1. The molecule has 2 aliphatic carbocycles. The van der Waals surface area contributed by atoms with Crippen molar-refractivity contribution in [2.75, 3.05) is 26.2 Å². The number of hydrogen-bond acceptors (Lipinski definition) is 6. The highest BCUT2D eigenvalue weighted by molar-refractivity contribution is 7.93. The van der Waals surface area contributed by atoms with E-state index in [9.17, 15) is 27.3 Å². The molecule has 4 fully saturated rings. The Hall–Kier alpha value is -2.67. The number of alkyl halides is 3. The number of benzene rings is 1. The second-order valence-corrected chi connectivity index (χ2v) is 12.5. The summed E-state index contributed by atoms with van der Waals surface area (Å²) < 4.78 is 57.4. The van der Waals surface area contributed by atoms with Crippen LogP contribution in [0.5, 0.6) is 0 Å². The van der Waals surface area contributed by atoms with Gasteiger partial charge in [-0.15, -0.1) is 0 Å². The molecule has 4 aliphatic rings. The molecule has 2 amide bonds. The molecule has 6 rings (SSSR count). The average molecular weight is 511 g/mol. The highest BCUT2D eigenvalue weighted by atomic mass is 32.2. The topological polar surface area (TPSA) is 126 Å². The van der Waals surface area contributed by atoms with E-state index in [1.807, 2.05) is 4.90 Å². The maximum Gasteiger partial charge on any atom is 0.483 e. The van der Waals surface area contributed by atoms with E-state index in [-0.39, 0.29) is 23.3 Å². The maximum atomic E-state index is 12.8. The molecule has 188 valence electrons. The number of hydrogen-bond donors (Lipinski definition) is 3. The second kappa shape index (κ2) is 7.19. The van der Waals surface area contributed by atoms with Crippen LogP contribution in [-0.4, -0.2) is 72.0 Å². The molecule has 9 nitrogen and oxygen atoms in total. The Morgan fingerprint density at radius 3 is 2.31 bits per heavy atom. The average Bonchev–Trinajstić information content (AvgIpc) is 3.26. The first-order valence-corrected chi connectivity index (χ1v) is 13.1. The summed E-state index contributed by atoms with van der Waals surface area (Å²) in [6, 6.07) is 5.09. The first-order valence-electron chi connectivity index (χ1n) is 11.5. The summed E-state index contributed by atoms with van der Waals surface area (Å²) in [5, 5.41) is 17.2. The summed E-state index contributed by atoms with van der Waals surface area (Å²) in [5.74, 6) is 1.56. The number of aliphatic hydroxyl groups is 1. The lowest BCUT2D eigenvalue weighted by Gasteiger charge is -2.59. The van der Waals surface area contributed by atoms with E-state index >= 15 is 0 Å². The molecule has 3 heterocycles. The van der Waals surface area contributed by atoms with E-state index in [4.69, 9.17) is 4.78 Å². The lowest BCUT2D eigenvalue weighted by molar-refractivity contribution is -0.0602. The number of amides is 2. The van der Waals surface area contributed by atoms with Gasteiger partial charge in [0.05, 0.1) is 4.90 Å². The number of halogens is 3. The molecule has 3 N–H and O–H groups in total. The largest absolute Gasteiger partial charge is 0.483 e. The van der Waals surface area contributed by atoms with Crippen LogP contribution in [0, 0.1) is 10.2 Å². The zero-order chi connectivity index (χ0) is 24.8. The Kier molecular flexibility index (Phi) is 4.68. The molecular formula is C22H25F3N6O3S. The van der Waals surface area contributed by atoms with E-state index in [2.05, 4.69) is 15.2 Å². The molecule has 1 aromatic carbocycles. The number of H-pyrrole nitrogens is 1. The van der Waals surface area contributed by atoms with Crippen molar-refractivity contribution in [3.05, 3.63) is 41.5 Å². The molecule has 1 unspecified atom stereocenters. The summed E-state index contributed by atoms with van der Waals surface area (Å²) in [7, 11) is -4.86. The normalized spacial score (nSPS) is 24.9. The van der Waals surface area contributed by atoms with Gasteiger partial charge in [-0.2, -0.15) is 18.3 Å². The smallest absolute Gasteiger partial charge is 0.382 e. The molecule has 2 saturated carbocycles. The standard InChI is InChI=1S/C22H25F3N6O3S/c23-22(24,25)35(26,34)16-3-1-13(2-4-16)15-9-30(10-15)19(32)31-11-20(12-31)7-14(8-20)17-27-18(29-28-17)21(33)5-6-21/h1-4,14-15,26,33H,5-12H2,(H,27,28,29). The Morgan fingerprint density at radius 1 is 1.11 bits per heavy atom. The van der Waals surface area contributed by atoms with Crippen LogP contribution in [0.15, 0.2) is 29.2 Å². The van der Waals surface area contributed by atoms with Crippen LogP contribution >= 0.6 is 0 Å². The van der Waals surface area contributed by atoms with Gasteiger partial charge >= 0.3 is 11.5 Å². The van der Waals surface area contributed by atoms with Gasteiger partial charge in [0.2, 0.25) is 0 Å². The summed E-state index contributed by atoms with van der Waals surface area (Å²) in [6.07, 6.45) is 3.25. The van der Waals surface area contributed by atoms with Crippen LogP contribution in [0.1, 0.15) is 54.7 Å². The quantitative estimate of drug-likeness (QED) is 0.583. The Bertz CT molecular complexity index is 1270. The minimum Gasteiger partial charge on any atom is -0.382 e. The van der Waals surface area contributed by atoms with Crippen molar-refractivity contribution >= 4 is 15.8 Å². The van der Waals surface area contributed by atoms with Crippen LogP contribution in [0.4, 0.5) is 18.0 Å².